The number of hydrogen-bond acceptors (Lipinski definition) is 4. The smallest absolute Gasteiger partial charge is 0.0931 e. The third kappa shape index (κ3) is 3.76. The van der Waals surface area contributed by atoms with Gasteiger partial charge in [0.15, 0.2) is 0 Å². The first-order valence-corrected chi connectivity index (χ1v) is 7.46. The summed E-state index contributed by atoms with van der Waals surface area (Å²) in [5.74, 6) is 0.775. The first-order chi connectivity index (χ1) is 8.31. The molecule has 0 bridgehead atoms. The molecule has 1 fully saturated rings. The van der Waals surface area contributed by atoms with Gasteiger partial charge in [0.2, 0.25) is 0 Å². The van der Waals surface area contributed by atoms with E-state index < -0.39 is 0 Å². The molecule has 0 saturated carbocycles. The maximum atomic E-state index is 8.87. The van der Waals surface area contributed by atoms with E-state index in [1.54, 1.807) is 11.3 Å². The highest BCUT2D eigenvalue weighted by Gasteiger charge is 2.20. The van der Waals surface area contributed by atoms with E-state index in [2.05, 4.69) is 22.2 Å². The molecular formula is C13H22N2OS. The van der Waals surface area contributed by atoms with Gasteiger partial charge in [-0.25, -0.2) is 4.98 Å². The Morgan fingerprint density at radius 1 is 1.59 bits per heavy atom. The molecular weight excluding hydrogens is 232 g/mol. The van der Waals surface area contributed by atoms with Gasteiger partial charge in [-0.05, 0) is 31.8 Å². The van der Waals surface area contributed by atoms with Crippen LogP contribution in [0, 0.1) is 5.92 Å². The maximum absolute atomic E-state index is 8.87. The van der Waals surface area contributed by atoms with Crippen molar-refractivity contribution in [1.82, 2.24) is 9.88 Å². The molecule has 1 aliphatic rings. The van der Waals surface area contributed by atoms with Gasteiger partial charge in [0.05, 0.1) is 10.7 Å². The molecule has 2 rings (SSSR count). The summed E-state index contributed by atoms with van der Waals surface area (Å²) >= 11 is 1.75. The quantitative estimate of drug-likeness (QED) is 0.872. The molecule has 0 aliphatic carbocycles. The van der Waals surface area contributed by atoms with Crippen molar-refractivity contribution in [3.05, 3.63) is 16.1 Å². The van der Waals surface area contributed by atoms with Crippen LogP contribution in [0.25, 0.3) is 0 Å². The second-order valence-electron chi connectivity index (χ2n) is 4.81. The molecule has 1 unspecified atom stereocenters. The number of aromatic nitrogens is 1. The third-order valence-corrected chi connectivity index (χ3v) is 4.40. The molecule has 1 N–H and O–H groups in total. The Kier molecular flexibility index (Phi) is 4.95. The first-order valence-electron chi connectivity index (χ1n) is 6.58. The molecule has 1 aromatic rings. The normalized spacial score (nSPS) is 21.9. The van der Waals surface area contributed by atoms with Gasteiger partial charge in [0, 0.05) is 31.4 Å². The molecule has 3 nitrogen and oxygen atoms in total. The second kappa shape index (κ2) is 6.47. The van der Waals surface area contributed by atoms with E-state index in [1.807, 2.05) is 0 Å². The Labute approximate surface area is 107 Å². The predicted molar refractivity (Wildman–Crippen MR) is 71.4 cm³/mol. The lowest BCUT2D eigenvalue weighted by Gasteiger charge is -2.31. The zero-order chi connectivity index (χ0) is 12.1. The van der Waals surface area contributed by atoms with Gasteiger partial charge in [0.25, 0.3) is 0 Å². The molecule has 1 aromatic heterocycles. The lowest BCUT2D eigenvalue weighted by molar-refractivity contribution is 0.182. The minimum atomic E-state index is 0.205. The van der Waals surface area contributed by atoms with E-state index in [0.29, 0.717) is 6.42 Å². The Hall–Kier alpha value is -0.450. The highest BCUT2D eigenvalue weighted by molar-refractivity contribution is 7.09. The van der Waals surface area contributed by atoms with Gasteiger partial charge in [-0.2, -0.15) is 0 Å². The lowest BCUT2D eigenvalue weighted by Crippen LogP contribution is -2.35. The van der Waals surface area contributed by atoms with Crippen molar-refractivity contribution in [2.45, 2.75) is 32.6 Å². The fourth-order valence-corrected chi connectivity index (χ4v) is 3.47. The first kappa shape index (κ1) is 13.0. The fourth-order valence-electron chi connectivity index (χ4n) is 2.52. The zero-order valence-corrected chi connectivity index (χ0v) is 11.4. The zero-order valence-electron chi connectivity index (χ0n) is 10.6. The summed E-state index contributed by atoms with van der Waals surface area (Å²) in [7, 11) is 0. The number of aliphatic hydroxyl groups excluding tert-OH is 1. The van der Waals surface area contributed by atoms with Crippen molar-refractivity contribution in [3.8, 4) is 0 Å². The van der Waals surface area contributed by atoms with Crippen molar-refractivity contribution >= 4 is 11.3 Å². The summed E-state index contributed by atoms with van der Waals surface area (Å²) in [4.78, 5) is 7.12. The number of aliphatic hydroxyl groups is 1. The van der Waals surface area contributed by atoms with Crippen LogP contribution in [-0.2, 0) is 12.8 Å². The number of hydrogen-bond donors (Lipinski definition) is 1. The number of thiazole rings is 1. The van der Waals surface area contributed by atoms with Crippen LogP contribution in [-0.4, -0.2) is 41.2 Å². The van der Waals surface area contributed by atoms with Crippen molar-refractivity contribution in [2.24, 2.45) is 5.92 Å². The van der Waals surface area contributed by atoms with Gasteiger partial charge in [-0.1, -0.05) is 6.92 Å². The maximum Gasteiger partial charge on any atom is 0.0931 e. The van der Waals surface area contributed by atoms with Gasteiger partial charge in [-0.15, -0.1) is 11.3 Å². The van der Waals surface area contributed by atoms with Crippen LogP contribution in [0.15, 0.2) is 5.38 Å². The average Bonchev–Trinajstić information content (AvgIpc) is 2.77. The standard InChI is InChI=1S/C13H22N2OS/c1-2-15-6-3-4-11(9-15)8-13-14-12(5-7-16)10-17-13/h10-11,16H,2-9H2,1H3. The molecule has 17 heavy (non-hydrogen) atoms. The summed E-state index contributed by atoms with van der Waals surface area (Å²) < 4.78 is 0. The van der Waals surface area contributed by atoms with Crippen molar-refractivity contribution in [3.63, 3.8) is 0 Å². The van der Waals surface area contributed by atoms with Gasteiger partial charge in [0.1, 0.15) is 0 Å². The predicted octanol–water partition coefficient (Wildman–Crippen LogP) is 1.95. The van der Waals surface area contributed by atoms with E-state index in [9.17, 15) is 0 Å². The van der Waals surface area contributed by atoms with E-state index in [4.69, 9.17) is 5.11 Å². The number of nitrogens with zero attached hydrogens (tertiary/aromatic N) is 2. The summed E-state index contributed by atoms with van der Waals surface area (Å²) in [6, 6.07) is 0. The molecule has 1 saturated heterocycles. The van der Waals surface area contributed by atoms with Crippen molar-refractivity contribution in [2.75, 3.05) is 26.2 Å². The van der Waals surface area contributed by atoms with Crippen LogP contribution in [0.5, 0.6) is 0 Å². The minimum absolute atomic E-state index is 0.205. The largest absolute Gasteiger partial charge is 0.396 e. The van der Waals surface area contributed by atoms with E-state index in [-0.39, 0.29) is 6.61 Å². The van der Waals surface area contributed by atoms with Crippen molar-refractivity contribution in [1.29, 1.82) is 0 Å². The Balaban J connectivity index is 1.86. The lowest BCUT2D eigenvalue weighted by atomic mass is 9.95. The van der Waals surface area contributed by atoms with Gasteiger partial charge in [-0.3, -0.25) is 0 Å². The Morgan fingerprint density at radius 2 is 2.47 bits per heavy atom. The molecule has 4 heteroatoms. The van der Waals surface area contributed by atoms with Crippen molar-refractivity contribution < 1.29 is 5.11 Å². The second-order valence-corrected chi connectivity index (χ2v) is 5.75. The minimum Gasteiger partial charge on any atom is -0.396 e. The molecule has 1 atom stereocenters. The van der Waals surface area contributed by atoms with E-state index in [1.165, 1.54) is 37.5 Å². The number of rotatable bonds is 5. The molecule has 0 radical (unpaired) electrons. The van der Waals surface area contributed by atoms with Crippen LogP contribution in [0.2, 0.25) is 0 Å². The van der Waals surface area contributed by atoms with Crippen LogP contribution >= 0.6 is 11.3 Å². The topological polar surface area (TPSA) is 36.4 Å². The highest BCUT2D eigenvalue weighted by atomic mass is 32.1. The Bertz CT molecular complexity index is 340. The van der Waals surface area contributed by atoms with Gasteiger partial charge < -0.3 is 10.0 Å². The summed E-state index contributed by atoms with van der Waals surface area (Å²) in [6.45, 7) is 6.11. The van der Waals surface area contributed by atoms with Gasteiger partial charge >= 0.3 is 0 Å². The molecule has 0 spiro atoms. The van der Waals surface area contributed by atoms with Crippen LogP contribution < -0.4 is 0 Å². The molecule has 2 heterocycles. The van der Waals surface area contributed by atoms with Crippen LogP contribution in [0.1, 0.15) is 30.5 Å². The van der Waals surface area contributed by atoms with E-state index in [0.717, 1.165) is 18.0 Å². The monoisotopic (exact) mass is 254 g/mol. The molecule has 96 valence electrons. The fraction of sp³-hybridized carbons (Fsp3) is 0.769. The summed E-state index contributed by atoms with van der Waals surface area (Å²) in [5, 5.41) is 12.2. The van der Waals surface area contributed by atoms with Crippen LogP contribution in [0.3, 0.4) is 0 Å². The SMILES string of the molecule is CCN1CCCC(Cc2nc(CCO)cs2)C1. The highest BCUT2D eigenvalue weighted by Crippen LogP contribution is 2.22. The Morgan fingerprint density at radius 3 is 3.24 bits per heavy atom. The van der Waals surface area contributed by atoms with E-state index >= 15 is 0 Å². The number of piperidine rings is 1. The average molecular weight is 254 g/mol. The van der Waals surface area contributed by atoms with Crippen LogP contribution in [0.4, 0.5) is 0 Å². The molecule has 0 aromatic carbocycles. The summed E-state index contributed by atoms with van der Waals surface area (Å²) in [5.41, 5.74) is 1.05. The number of likely N-dealkylation sites (tertiary alicyclic amines) is 1. The summed E-state index contributed by atoms with van der Waals surface area (Å²) in [6.07, 6.45) is 4.48. The third-order valence-electron chi connectivity index (χ3n) is 3.48. The molecule has 1 aliphatic heterocycles. The molecule has 0 amide bonds.